The van der Waals surface area contributed by atoms with E-state index in [0.717, 1.165) is 0 Å². The fourth-order valence-corrected chi connectivity index (χ4v) is 2.01. The normalized spacial score (nSPS) is 23.3. The molecule has 7 nitrogen and oxygen atoms in total. The summed E-state index contributed by atoms with van der Waals surface area (Å²) in [6, 6.07) is 2.46. The first-order valence-corrected chi connectivity index (χ1v) is 5.41. The first-order chi connectivity index (χ1) is 8.51. The van der Waals surface area contributed by atoms with Gasteiger partial charge in [-0.05, 0) is 18.6 Å². The number of nitrogens with one attached hydrogen (secondary N) is 1. The second-order valence-corrected chi connectivity index (χ2v) is 3.95. The van der Waals surface area contributed by atoms with E-state index in [4.69, 9.17) is 9.52 Å². The lowest BCUT2D eigenvalue weighted by molar-refractivity contribution is -0.143. The number of carboxylic acids is 1. The van der Waals surface area contributed by atoms with E-state index in [1.165, 1.54) is 6.26 Å². The molecule has 3 amide bonds. The number of nitrogens with zero attached hydrogens (tertiary/aromatic N) is 1. The highest BCUT2D eigenvalue weighted by Gasteiger charge is 2.53. The maximum absolute atomic E-state index is 12.2. The van der Waals surface area contributed by atoms with Gasteiger partial charge in [-0.1, -0.05) is 6.92 Å². The molecule has 0 spiro atoms. The summed E-state index contributed by atoms with van der Waals surface area (Å²) in [4.78, 5) is 35.2. The number of urea groups is 1. The van der Waals surface area contributed by atoms with Crippen LogP contribution in [0, 0.1) is 0 Å². The van der Waals surface area contributed by atoms with Crippen LogP contribution in [0.5, 0.6) is 0 Å². The summed E-state index contributed by atoms with van der Waals surface area (Å²) in [5.41, 5.74) is -1.30. The zero-order valence-corrected chi connectivity index (χ0v) is 9.67. The Morgan fingerprint density at radius 3 is 2.78 bits per heavy atom. The minimum atomic E-state index is -1.30. The number of furan rings is 1. The number of hydrogen-bond acceptors (Lipinski definition) is 4. The number of aliphatic carboxylic acids is 1. The molecule has 0 bridgehead atoms. The van der Waals surface area contributed by atoms with Gasteiger partial charge in [-0.3, -0.25) is 14.5 Å². The molecular formula is C11H12N2O5. The van der Waals surface area contributed by atoms with Crippen LogP contribution < -0.4 is 5.32 Å². The van der Waals surface area contributed by atoms with Crippen LogP contribution in [-0.2, 0) is 15.1 Å². The topological polar surface area (TPSA) is 99.8 Å². The van der Waals surface area contributed by atoms with Gasteiger partial charge in [-0.25, -0.2) is 4.79 Å². The lowest BCUT2D eigenvalue weighted by atomic mass is 9.93. The summed E-state index contributed by atoms with van der Waals surface area (Å²) in [5.74, 6) is -1.55. The Balaban J connectivity index is 2.38. The van der Waals surface area contributed by atoms with Crippen molar-refractivity contribution in [3.8, 4) is 0 Å². The van der Waals surface area contributed by atoms with Crippen LogP contribution in [0.4, 0.5) is 4.79 Å². The number of hydrogen-bond donors (Lipinski definition) is 2. The smallest absolute Gasteiger partial charge is 0.325 e. The van der Waals surface area contributed by atoms with Gasteiger partial charge in [0, 0.05) is 0 Å². The van der Waals surface area contributed by atoms with Crippen molar-refractivity contribution in [2.75, 3.05) is 6.54 Å². The highest BCUT2D eigenvalue weighted by molar-refractivity contribution is 6.08. The number of carboxylic acid groups (broad SMARTS) is 1. The van der Waals surface area contributed by atoms with Crippen molar-refractivity contribution < 1.29 is 23.9 Å². The van der Waals surface area contributed by atoms with Crippen LogP contribution in [0.2, 0.25) is 0 Å². The first kappa shape index (κ1) is 12.2. The Kier molecular flexibility index (Phi) is 2.82. The van der Waals surface area contributed by atoms with Crippen LogP contribution in [-0.4, -0.2) is 34.5 Å². The Morgan fingerprint density at radius 2 is 2.28 bits per heavy atom. The molecule has 0 aliphatic carbocycles. The summed E-state index contributed by atoms with van der Waals surface area (Å²) in [6.45, 7) is 1.05. The van der Waals surface area contributed by atoms with Crippen molar-refractivity contribution in [3.05, 3.63) is 24.2 Å². The van der Waals surface area contributed by atoms with Crippen LogP contribution in [0.1, 0.15) is 19.1 Å². The van der Waals surface area contributed by atoms with Crippen LogP contribution in [0.3, 0.4) is 0 Å². The molecule has 1 saturated heterocycles. The van der Waals surface area contributed by atoms with Crippen molar-refractivity contribution in [1.82, 2.24) is 10.2 Å². The van der Waals surface area contributed by atoms with Crippen LogP contribution in [0.15, 0.2) is 22.8 Å². The maximum atomic E-state index is 12.2. The van der Waals surface area contributed by atoms with Gasteiger partial charge in [0.25, 0.3) is 5.91 Å². The highest BCUT2D eigenvalue weighted by Crippen LogP contribution is 2.32. The van der Waals surface area contributed by atoms with Gasteiger partial charge in [-0.15, -0.1) is 0 Å². The molecule has 1 atom stereocenters. The number of imide groups is 1. The summed E-state index contributed by atoms with van der Waals surface area (Å²) in [6.07, 6.45) is 1.67. The predicted molar refractivity (Wildman–Crippen MR) is 58.6 cm³/mol. The molecule has 2 heterocycles. The Hall–Kier alpha value is -2.31. The van der Waals surface area contributed by atoms with E-state index in [9.17, 15) is 14.4 Å². The predicted octanol–water partition coefficient (Wildman–Crippen LogP) is 0.521. The number of rotatable bonds is 4. The molecule has 0 saturated carbocycles. The zero-order chi connectivity index (χ0) is 13.3. The molecule has 18 heavy (non-hydrogen) atoms. The lowest BCUT2D eigenvalue weighted by Crippen LogP contribution is -2.43. The van der Waals surface area contributed by atoms with Gasteiger partial charge in [0.2, 0.25) is 0 Å². The third kappa shape index (κ3) is 1.64. The maximum Gasteiger partial charge on any atom is 0.325 e. The van der Waals surface area contributed by atoms with Gasteiger partial charge >= 0.3 is 12.0 Å². The van der Waals surface area contributed by atoms with Crippen molar-refractivity contribution >= 4 is 17.9 Å². The number of carbonyl (C=O) groups is 3. The highest BCUT2D eigenvalue weighted by atomic mass is 16.4. The molecule has 2 rings (SSSR count). The van der Waals surface area contributed by atoms with Crippen molar-refractivity contribution in [2.24, 2.45) is 0 Å². The Labute approximate surface area is 102 Å². The molecule has 1 aromatic heterocycles. The standard InChI is InChI=1S/C11H12N2O5/c1-2-11(7-4-3-5-18-7)9(16)13(6-8(14)15)10(17)12-11/h3-5H,2,6H2,1H3,(H,12,17)(H,14,15). The quantitative estimate of drug-likeness (QED) is 0.761. The fraction of sp³-hybridized carbons (Fsp3) is 0.364. The summed E-state index contributed by atoms with van der Waals surface area (Å²) >= 11 is 0. The van der Waals surface area contributed by atoms with E-state index in [1.54, 1.807) is 19.1 Å². The van der Waals surface area contributed by atoms with Gasteiger partial charge in [0.15, 0.2) is 5.54 Å². The van der Waals surface area contributed by atoms with Crippen molar-refractivity contribution in [3.63, 3.8) is 0 Å². The van der Waals surface area contributed by atoms with Crippen molar-refractivity contribution in [2.45, 2.75) is 18.9 Å². The molecule has 1 aromatic rings. The number of amides is 3. The second kappa shape index (κ2) is 4.17. The third-order valence-corrected chi connectivity index (χ3v) is 2.94. The SMILES string of the molecule is CCC1(c2ccco2)NC(=O)N(CC(=O)O)C1=O. The Morgan fingerprint density at radius 1 is 1.56 bits per heavy atom. The second-order valence-electron chi connectivity index (χ2n) is 3.95. The monoisotopic (exact) mass is 252 g/mol. The van der Waals surface area contributed by atoms with E-state index in [2.05, 4.69) is 5.32 Å². The molecule has 0 radical (unpaired) electrons. The fourth-order valence-electron chi connectivity index (χ4n) is 2.01. The number of carbonyl (C=O) groups excluding carboxylic acids is 2. The van der Waals surface area contributed by atoms with E-state index in [1.807, 2.05) is 0 Å². The van der Waals surface area contributed by atoms with Gasteiger partial charge in [0.05, 0.1) is 6.26 Å². The van der Waals surface area contributed by atoms with E-state index in [0.29, 0.717) is 10.7 Å². The summed E-state index contributed by atoms with van der Waals surface area (Å²) in [5, 5.41) is 11.2. The Bertz CT molecular complexity index is 496. The van der Waals surface area contributed by atoms with Gasteiger partial charge < -0.3 is 14.8 Å². The minimum absolute atomic E-state index is 0.279. The van der Waals surface area contributed by atoms with Gasteiger partial charge in [0.1, 0.15) is 12.3 Å². The molecule has 2 N–H and O–H groups in total. The summed E-state index contributed by atoms with van der Waals surface area (Å²) in [7, 11) is 0. The first-order valence-electron chi connectivity index (χ1n) is 5.41. The summed E-state index contributed by atoms with van der Waals surface area (Å²) < 4.78 is 5.17. The molecule has 1 unspecified atom stereocenters. The molecule has 1 fully saturated rings. The molecule has 7 heteroatoms. The average Bonchev–Trinajstić information content (AvgIpc) is 2.91. The van der Waals surface area contributed by atoms with Gasteiger partial charge in [-0.2, -0.15) is 0 Å². The largest absolute Gasteiger partial charge is 0.480 e. The molecule has 0 aromatic carbocycles. The zero-order valence-electron chi connectivity index (χ0n) is 9.67. The molecule has 1 aliphatic rings. The third-order valence-electron chi connectivity index (χ3n) is 2.94. The van der Waals surface area contributed by atoms with Crippen molar-refractivity contribution in [1.29, 1.82) is 0 Å². The van der Waals surface area contributed by atoms with Crippen LogP contribution in [0.25, 0.3) is 0 Å². The lowest BCUT2D eigenvalue weighted by Gasteiger charge is -2.22. The molecular weight excluding hydrogens is 240 g/mol. The van der Waals surface area contributed by atoms with E-state index in [-0.39, 0.29) is 6.42 Å². The molecule has 1 aliphatic heterocycles. The van der Waals surface area contributed by atoms with Crippen LogP contribution >= 0.6 is 0 Å². The average molecular weight is 252 g/mol. The van der Waals surface area contributed by atoms with E-state index >= 15 is 0 Å². The van der Waals surface area contributed by atoms with E-state index < -0.39 is 30.0 Å². The minimum Gasteiger partial charge on any atom is -0.480 e. The molecule has 96 valence electrons.